The number of benzene rings is 1. The molecule has 0 saturated heterocycles. The molecule has 1 aromatic carbocycles. The van der Waals surface area contributed by atoms with Gasteiger partial charge in [-0.2, -0.15) is 0 Å². The van der Waals surface area contributed by atoms with Crippen molar-refractivity contribution in [3.63, 3.8) is 0 Å². The van der Waals surface area contributed by atoms with Gasteiger partial charge in [-0.05, 0) is 35.6 Å². The molecule has 0 atom stereocenters. The molecule has 2 aromatic heterocycles. The molecule has 0 radical (unpaired) electrons. The summed E-state index contributed by atoms with van der Waals surface area (Å²) < 4.78 is 27.2. The molecule has 0 fully saturated rings. The molecule has 124 valence electrons. The van der Waals surface area contributed by atoms with Gasteiger partial charge in [0.05, 0.1) is 5.75 Å². The minimum Gasteiger partial charge on any atom is -0.264 e. The Bertz CT molecular complexity index is 920. The molecule has 24 heavy (non-hydrogen) atoms. The minimum absolute atomic E-state index is 0.0211. The Morgan fingerprint density at radius 1 is 1.08 bits per heavy atom. The first-order chi connectivity index (χ1) is 11.5. The summed E-state index contributed by atoms with van der Waals surface area (Å²) in [7, 11) is -3.39. The summed E-state index contributed by atoms with van der Waals surface area (Å²) >= 11 is 1.63. The Hall–Kier alpha value is -2.02. The average molecular weight is 358 g/mol. The normalized spacial score (nSPS) is 11.5. The highest BCUT2D eigenvalue weighted by Gasteiger charge is 2.12. The summed E-state index contributed by atoms with van der Waals surface area (Å²) in [5.41, 5.74) is 3.68. The van der Waals surface area contributed by atoms with Crippen LogP contribution in [-0.4, -0.2) is 13.4 Å². The van der Waals surface area contributed by atoms with Crippen molar-refractivity contribution in [1.29, 1.82) is 0 Å². The van der Waals surface area contributed by atoms with E-state index in [9.17, 15) is 8.42 Å². The number of hydrogen-bond acceptors (Lipinski definition) is 4. The molecule has 3 rings (SSSR count). The van der Waals surface area contributed by atoms with Crippen molar-refractivity contribution in [3.05, 3.63) is 76.9 Å². The molecule has 0 unspecified atom stereocenters. The highest BCUT2D eigenvalue weighted by molar-refractivity contribution is 7.88. The molecule has 0 saturated carbocycles. The Morgan fingerprint density at radius 2 is 1.96 bits per heavy atom. The zero-order chi connectivity index (χ0) is 17.0. The second-order valence-electron chi connectivity index (χ2n) is 5.63. The number of nitrogens with zero attached hydrogens (tertiary/aromatic N) is 1. The number of aryl methyl sites for hydroxylation is 1. The third-order valence-electron chi connectivity index (χ3n) is 3.54. The Kier molecular flexibility index (Phi) is 5.08. The molecule has 0 spiro atoms. The van der Waals surface area contributed by atoms with Gasteiger partial charge in [0.1, 0.15) is 0 Å². The van der Waals surface area contributed by atoms with Crippen LogP contribution in [0.15, 0.2) is 60.2 Å². The van der Waals surface area contributed by atoms with Gasteiger partial charge in [0.25, 0.3) is 0 Å². The fraction of sp³-hybridized carbons (Fsp3) is 0.167. The number of pyridine rings is 1. The van der Waals surface area contributed by atoms with Gasteiger partial charge in [0, 0.05) is 29.4 Å². The van der Waals surface area contributed by atoms with Crippen LogP contribution in [0, 0.1) is 6.92 Å². The Labute approximate surface area is 146 Å². The number of thiophene rings is 1. The number of sulfonamides is 1. The van der Waals surface area contributed by atoms with Crippen LogP contribution < -0.4 is 4.72 Å². The number of rotatable bonds is 6. The van der Waals surface area contributed by atoms with E-state index in [1.165, 1.54) is 0 Å². The van der Waals surface area contributed by atoms with E-state index in [1.807, 2.05) is 54.8 Å². The fourth-order valence-electron chi connectivity index (χ4n) is 2.43. The Balaban J connectivity index is 1.67. The highest BCUT2D eigenvalue weighted by atomic mass is 32.2. The van der Waals surface area contributed by atoms with E-state index in [4.69, 9.17) is 0 Å². The largest absolute Gasteiger partial charge is 0.264 e. The lowest BCUT2D eigenvalue weighted by atomic mass is 10.2. The maximum absolute atomic E-state index is 12.3. The summed E-state index contributed by atoms with van der Waals surface area (Å²) in [6.07, 6.45) is 3.48. The molecule has 0 bridgehead atoms. The van der Waals surface area contributed by atoms with Crippen molar-refractivity contribution in [2.75, 3.05) is 0 Å². The van der Waals surface area contributed by atoms with Gasteiger partial charge < -0.3 is 0 Å². The van der Waals surface area contributed by atoms with Crippen molar-refractivity contribution < 1.29 is 8.42 Å². The second kappa shape index (κ2) is 7.25. The second-order valence-corrected chi connectivity index (χ2v) is 8.38. The lowest BCUT2D eigenvalue weighted by Crippen LogP contribution is -2.24. The first-order valence-corrected chi connectivity index (χ1v) is 10.1. The monoisotopic (exact) mass is 358 g/mol. The quantitative estimate of drug-likeness (QED) is 0.730. The summed E-state index contributed by atoms with van der Waals surface area (Å²) in [4.78, 5) is 5.33. The predicted molar refractivity (Wildman–Crippen MR) is 98.2 cm³/mol. The first kappa shape index (κ1) is 16.8. The average Bonchev–Trinajstić information content (AvgIpc) is 3.07. The summed E-state index contributed by atoms with van der Waals surface area (Å²) in [6, 6.07) is 13.5. The van der Waals surface area contributed by atoms with Gasteiger partial charge >= 0.3 is 0 Å². The van der Waals surface area contributed by atoms with Crippen LogP contribution in [0.25, 0.3) is 10.4 Å². The van der Waals surface area contributed by atoms with Crippen LogP contribution in [0.1, 0.15) is 16.7 Å². The lowest BCUT2D eigenvalue weighted by Gasteiger charge is -2.08. The van der Waals surface area contributed by atoms with E-state index in [0.29, 0.717) is 0 Å². The van der Waals surface area contributed by atoms with Crippen molar-refractivity contribution in [3.8, 4) is 10.4 Å². The lowest BCUT2D eigenvalue weighted by molar-refractivity contribution is 0.580. The third kappa shape index (κ3) is 4.50. The first-order valence-electron chi connectivity index (χ1n) is 7.52. The van der Waals surface area contributed by atoms with E-state index in [-0.39, 0.29) is 12.3 Å². The third-order valence-corrected chi connectivity index (χ3v) is 5.75. The zero-order valence-corrected chi connectivity index (χ0v) is 14.9. The molecule has 6 heteroatoms. The minimum atomic E-state index is -3.39. The Morgan fingerprint density at radius 3 is 2.71 bits per heavy atom. The van der Waals surface area contributed by atoms with Gasteiger partial charge in [-0.3, -0.25) is 4.98 Å². The molecular weight excluding hydrogens is 340 g/mol. The molecule has 4 nitrogen and oxygen atoms in total. The molecule has 0 amide bonds. The molecular formula is C18H18N2O2S2. The molecule has 2 heterocycles. The SMILES string of the molecule is Cc1cccc(CS(=O)(=O)NCc2cncc(-c3cccs3)c2)c1. The van der Waals surface area contributed by atoms with E-state index in [2.05, 4.69) is 9.71 Å². The molecule has 0 aliphatic carbocycles. The van der Waals surface area contributed by atoms with Gasteiger partial charge in [-0.1, -0.05) is 35.9 Å². The van der Waals surface area contributed by atoms with Crippen molar-refractivity contribution in [2.45, 2.75) is 19.2 Å². The van der Waals surface area contributed by atoms with Crippen LogP contribution in [0.2, 0.25) is 0 Å². The molecule has 0 aliphatic rings. The van der Waals surface area contributed by atoms with E-state index >= 15 is 0 Å². The van der Waals surface area contributed by atoms with Crippen molar-refractivity contribution in [2.24, 2.45) is 0 Å². The maximum atomic E-state index is 12.3. The molecule has 3 aromatic rings. The maximum Gasteiger partial charge on any atom is 0.216 e. The van der Waals surface area contributed by atoms with E-state index < -0.39 is 10.0 Å². The number of aromatic nitrogens is 1. The predicted octanol–water partition coefficient (Wildman–Crippen LogP) is 3.74. The van der Waals surface area contributed by atoms with Crippen molar-refractivity contribution in [1.82, 2.24) is 9.71 Å². The van der Waals surface area contributed by atoms with Gasteiger partial charge in [0.15, 0.2) is 0 Å². The van der Waals surface area contributed by atoms with Gasteiger partial charge in [-0.15, -0.1) is 11.3 Å². The van der Waals surface area contributed by atoms with E-state index in [1.54, 1.807) is 23.7 Å². The molecule has 1 N–H and O–H groups in total. The summed E-state index contributed by atoms with van der Waals surface area (Å²) in [6.45, 7) is 2.19. The van der Waals surface area contributed by atoms with E-state index in [0.717, 1.165) is 27.1 Å². The van der Waals surface area contributed by atoms with Crippen LogP contribution >= 0.6 is 11.3 Å². The standard InChI is InChI=1S/C18H18N2O2S2/c1-14-4-2-5-15(8-14)13-24(21,22)20-11-16-9-17(12-19-10-16)18-6-3-7-23-18/h2-10,12,20H,11,13H2,1H3. The smallest absolute Gasteiger partial charge is 0.216 e. The van der Waals surface area contributed by atoms with Crippen LogP contribution in [0.5, 0.6) is 0 Å². The fourth-order valence-corrected chi connectivity index (χ4v) is 4.24. The topological polar surface area (TPSA) is 59.1 Å². The van der Waals surface area contributed by atoms with Crippen LogP contribution in [0.3, 0.4) is 0 Å². The summed E-state index contributed by atoms with van der Waals surface area (Å²) in [5.74, 6) is -0.0211. The number of nitrogens with one attached hydrogen (secondary N) is 1. The zero-order valence-electron chi connectivity index (χ0n) is 13.3. The van der Waals surface area contributed by atoms with Gasteiger partial charge in [-0.25, -0.2) is 13.1 Å². The van der Waals surface area contributed by atoms with Crippen LogP contribution in [-0.2, 0) is 22.3 Å². The summed E-state index contributed by atoms with van der Waals surface area (Å²) in [5, 5.41) is 2.01. The number of hydrogen-bond donors (Lipinski definition) is 1. The molecule has 0 aliphatic heterocycles. The van der Waals surface area contributed by atoms with Crippen molar-refractivity contribution >= 4 is 21.4 Å². The van der Waals surface area contributed by atoms with Gasteiger partial charge in [0.2, 0.25) is 10.0 Å². The highest BCUT2D eigenvalue weighted by Crippen LogP contribution is 2.24. The van der Waals surface area contributed by atoms with Crippen LogP contribution in [0.4, 0.5) is 0 Å².